The third kappa shape index (κ3) is 6.75. The maximum Gasteiger partial charge on any atom is 0.243 e. The predicted molar refractivity (Wildman–Crippen MR) is 133 cm³/mol. The number of hydrogen-bond donors (Lipinski definition) is 0. The molecule has 1 amide bonds. The topological polar surface area (TPSA) is 57.7 Å². The number of thiophene rings is 1. The number of nitrogens with zero attached hydrogens (tertiary/aromatic N) is 2. The standard InChI is InChI=1S/C24H27BrN2O3S2/c1-19(2)15-27(32(29,30)23-12-10-21(25)11-13-23)18-24(28)26(17-22-9-6-14-31-22)16-20-7-4-3-5-8-20/h3-14,19H,15-18H2,1-2H3. The predicted octanol–water partition coefficient (Wildman–Crippen LogP) is 5.39. The number of rotatable bonds is 10. The van der Waals surface area contributed by atoms with Gasteiger partial charge in [-0.1, -0.05) is 66.2 Å². The first kappa shape index (κ1) is 24.6. The fraction of sp³-hybridized carbons (Fsp3) is 0.292. The number of hydrogen-bond acceptors (Lipinski definition) is 4. The normalized spacial score (nSPS) is 11.8. The lowest BCUT2D eigenvalue weighted by molar-refractivity contribution is -0.132. The van der Waals surface area contributed by atoms with Gasteiger partial charge in [-0.15, -0.1) is 11.3 Å². The number of carbonyl (C=O) groups excluding carboxylic acids is 1. The van der Waals surface area contributed by atoms with Crippen LogP contribution in [0, 0.1) is 5.92 Å². The summed E-state index contributed by atoms with van der Waals surface area (Å²) in [7, 11) is -3.81. The molecule has 3 rings (SSSR count). The summed E-state index contributed by atoms with van der Waals surface area (Å²) in [5.74, 6) is -0.142. The van der Waals surface area contributed by atoms with Gasteiger partial charge in [0.2, 0.25) is 15.9 Å². The van der Waals surface area contributed by atoms with Gasteiger partial charge >= 0.3 is 0 Å². The van der Waals surface area contributed by atoms with E-state index in [1.54, 1.807) is 40.5 Å². The Labute approximate surface area is 202 Å². The maximum absolute atomic E-state index is 13.4. The van der Waals surface area contributed by atoms with Crippen LogP contribution in [0.1, 0.15) is 24.3 Å². The van der Waals surface area contributed by atoms with Crippen molar-refractivity contribution in [1.29, 1.82) is 0 Å². The van der Waals surface area contributed by atoms with Crippen molar-refractivity contribution in [3.05, 3.63) is 87.0 Å². The van der Waals surface area contributed by atoms with E-state index in [1.165, 1.54) is 4.31 Å². The summed E-state index contributed by atoms with van der Waals surface area (Å²) >= 11 is 4.92. The summed E-state index contributed by atoms with van der Waals surface area (Å²) in [6.07, 6.45) is 0. The number of benzene rings is 2. The van der Waals surface area contributed by atoms with Gasteiger partial charge in [0, 0.05) is 22.4 Å². The molecule has 3 aromatic rings. The Morgan fingerprint density at radius 2 is 1.66 bits per heavy atom. The molecule has 32 heavy (non-hydrogen) atoms. The third-order valence-electron chi connectivity index (χ3n) is 4.83. The average molecular weight is 536 g/mol. The zero-order valence-electron chi connectivity index (χ0n) is 18.1. The first-order valence-electron chi connectivity index (χ1n) is 10.4. The van der Waals surface area contributed by atoms with Crippen molar-refractivity contribution in [2.24, 2.45) is 5.92 Å². The number of halogens is 1. The Morgan fingerprint density at radius 1 is 0.969 bits per heavy atom. The highest BCUT2D eigenvalue weighted by Crippen LogP contribution is 2.21. The lowest BCUT2D eigenvalue weighted by atomic mass is 10.2. The largest absolute Gasteiger partial charge is 0.332 e. The van der Waals surface area contributed by atoms with Crippen molar-refractivity contribution >= 4 is 43.2 Å². The molecular formula is C24H27BrN2O3S2. The van der Waals surface area contributed by atoms with Crippen LogP contribution >= 0.6 is 27.3 Å². The van der Waals surface area contributed by atoms with Crippen molar-refractivity contribution in [3.63, 3.8) is 0 Å². The summed E-state index contributed by atoms with van der Waals surface area (Å²) in [4.78, 5) is 16.4. The molecular weight excluding hydrogens is 508 g/mol. The van der Waals surface area contributed by atoms with E-state index in [-0.39, 0.29) is 29.8 Å². The van der Waals surface area contributed by atoms with E-state index in [9.17, 15) is 13.2 Å². The van der Waals surface area contributed by atoms with Gasteiger partial charge in [-0.25, -0.2) is 8.42 Å². The molecule has 0 spiro atoms. The van der Waals surface area contributed by atoms with Crippen LogP contribution < -0.4 is 0 Å². The van der Waals surface area contributed by atoms with Gasteiger partial charge in [0.25, 0.3) is 0 Å². The van der Waals surface area contributed by atoms with Gasteiger partial charge in [-0.3, -0.25) is 4.79 Å². The molecule has 1 heterocycles. The highest BCUT2D eigenvalue weighted by atomic mass is 79.9. The fourth-order valence-electron chi connectivity index (χ4n) is 3.29. The molecule has 0 aliphatic heterocycles. The second-order valence-electron chi connectivity index (χ2n) is 7.96. The zero-order chi connectivity index (χ0) is 23.1. The molecule has 2 aromatic carbocycles. The molecule has 170 valence electrons. The highest BCUT2D eigenvalue weighted by Gasteiger charge is 2.29. The van der Waals surface area contributed by atoms with Crippen LogP contribution in [0.5, 0.6) is 0 Å². The van der Waals surface area contributed by atoms with Gasteiger partial charge in [0.1, 0.15) is 0 Å². The Balaban J connectivity index is 1.86. The van der Waals surface area contributed by atoms with E-state index in [0.29, 0.717) is 13.1 Å². The van der Waals surface area contributed by atoms with E-state index < -0.39 is 10.0 Å². The molecule has 0 aliphatic carbocycles. The smallest absolute Gasteiger partial charge is 0.243 e. The first-order chi connectivity index (χ1) is 15.3. The van der Waals surface area contributed by atoms with E-state index >= 15 is 0 Å². The summed E-state index contributed by atoms with van der Waals surface area (Å²) in [6, 6.07) is 20.2. The van der Waals surface area contributed by atoms with Gasteiger partial charge < -0.3 is 4.90 Å². The lowest BCUT2D eigenvalue weighted by Crippen LogP contribution is -2.43. The van der Waals surface area contributed by atoms with Crippen LogP contribution in [0.25, 0.3) is 0 Å². The second-order valence-corrected chi connectivity index (χ2v) is 11.8. The monoisotopic (exact) mass is 534 g/mol. The van der Waals surface area contributed by atoms with Crippen LogP contribution in [0.15, 0.2) is 81.5 Å². The summed E-state index contributed by atoms with van der Waals surface area (Å²) in [5.41, 5.74) is 1.00. The molecule has 0 aliphatic rings. The highest BCUT2D eigenvalue weighted by molar-refractivity contribution is 9.10. The van der Waals surface area contributed by atoms with Gasteiger partial charge in [-0.05, 0) is 47.2 Å². The van der Waals surface area contributed by atoms with Crippen LogP contribution in [0.2, 0.25) is 0 Å². The van der Waals surface area contributed by atoms with E-state index in [4.69, 9.17) is 0 Å². The molecule has 0 saturated heterocycles. The van der Waals surface area contributed by atoms with Crippen molar-refractivity contribution in [3.8, 4) is 0 Å². The number of carbonyl (C=O) groups is 1. The fourth-order valence-corrected chi connectivity index (χ4v) is 5.82. The minimum atomic E-state index is -3.81. The summed E-state index contributed by atoms with van der Waals surface area (Å²) < 4.78 is 28.8. The van der Waals surface area contributed by atoms with Gasteiger partial charge in [0.05, 0.1) is 18.0 Å². The lowest BCUT2D eigenvalue weighted by Gasteiger charge is -2.28. The van der Waals surface area contributed by atoms with Crippen LogP contribution in [0.3, 0.4) is 0 Å². The molecule has 1 aromatic heterocycles. The number of sulfonamides is 1. The average Bonchev–Trinajstić information content (AvgIpc) is 3.26. The van der Waals surface area contributed by atoms with E-state index in [1.807, 2.05) is 61.7 Å². The minimum Gasteiger partial charge on any atom is -0.332 e. The SMILES string of the molecule is CC(C)CN(CC(=O)N(Cc1ccccc1)Cc1cccs1)S(=O)(=O)c1ccc(Br)cc1. The van der Waals surface area contributed by atoms with Crippen LogP contribution in [-0.4, -0.2) is 36.6 Å². The summed E-state index contributed by atoms with van der Waals surface area (Å²) in [6.45, 7) is 4.83. The Kier molecular flexibility index (Phi) is 8.64. The summed E-state index contributed by atoms with van der Waals surface area (Å²) in [5, 5.41) is 1.98. The van der Waals surface area contributed by atoms with Gasteiger partial charge in [-0.2, -0.15) is 4.31 Å². The van der Waals surface area contributed by atoms with Crippen molar-refractivity contribution < 1.29 is 13.2 Å². The second kappa shape index (κ2) is 11.2. The van der Waals surface area contributed by atoms with Crippen molar-refractivity contribution in [2.45, 2.75) is 31.8 Å². The number of amides is 1. The molecule has 0 fully saturated rings. The van der Waals surface area contributed by atoms with Crippen molar-refractivity contribution in [1.82, 2.24) is 9.21 Å². The molecule has 0 saturated carbocycles. The molecule has 0 N–H and O–H groups in total. The first-order valence-corrected chi connectivity index (χ1v) is 13.5. The Morgan fingerprint density at radius 3 is 2.25 bits per heavy atom. The van der Waals surface area contributed by atoms with E-state index in [2.05, 4.69) is 15.9 Å². The maximum atomic E-state index is 13.4. The minimum absolute atomic E-state index is 0.0768. The van der Waals surface area contributed by atoms with Gasteiger partial charge in [0.15, 0.2) is 0 Å². The molecule has 0 atom stereocenters. The molecule has 5 nitrogen and oxygen atoms in total. The molecule has 8 heteroatoms. The van der Waals surface area contributed by atoms with Crippen molar-refractivity contribution in [2.75, 3.05) is 13.1 Å². The Hall–Kier alpha value is -2.00. The molecule has 0 unspecified atom stereocenters. The zero-order valence-corrected chi connectivity index (χ0v) is 21.4. The van der Waals surface area contributed by atoms with Crippen LogP contribution in [0.4, 0.5) is 0 Å². The third-order valence-corrected chi connectivity index (χ3v) is 8.04. The Bertz CT molecular complexity index is 1100. The van der Waals surface area contributed by atoms with Crippen LogP contribution in [-0.2, 0) is 27.9 Å². The molecule has 0 radical (unpaired) electrons. The quantitative estimate of drug-likeness (QED) is 0.350. The van der Waals surface area contributed by atoms with E-state index in [0.717, 1.165) is 14.9 Å². The molecule has 0 bridgehead atoms.